The predicted octanol–water partition coefficient (Wildman–Crippen LogP) is 0.845. The molecule has 102 valence electrons. The molecule has 0 amide bonds. The van der Waals surface area contributed by atoms with Gasteiger partial charge in [0.05, 0.1) is 5.69 Å². The van der Waals surface area contributed by atoms with E-state index in [0.29, 0.717) is 12.6 Å². The average Bonchev–Trinajstić information content (AvgIpc) is 2.65. The van der Waals surface area contributed by atoms with Crippen LogP contribution in [0.1, 0.15) is 24.1 Å². The molecule has 0 unspecified atom stereocenters. The number of hydrogen-bond acceptors (Lipinski definition) is 4. The van der Waals surface area contributed by atoms with Crippen LogP contribution in [-0.2, 0) is 18.2 Å². The minimum absolute atomic E-state index is 0.546. The number of ether oxygens (including phenoxy) is 1. The molecule has 1 aliphatic heterocycles. The van der Waals surface area contributed by atoms with E-state index in [9.17, 15) is 0 Å². The Morgan fingerprint density at radius 3 is 2.72 bits per heavy atom. The van der Waals surface area contributed by atoms with Crippen LogP contribution in [0, 0.1) is 6.92 Å². The maximum absolute atomic E-state index is 5.71. The Morgan fingerprint density at radius 2 is 2.11 bits per heavy atom. The zero-order valence-electron chi connectivity index (χ0n) is 11.6. The molecule has 0 aromatic carbocycles. The molecule has 0 bridgehead atoms. The average molecular weight is 252 g/mol. The standard InChI is InChI=1S/C13H24N4O/c1-10-12(4-7-14)13(17(3)15-10)16(2)11-5-8-18-9-6-11/h11H,4-9,14H2,1-3H3. The zero-order chi connectivity index (χ0) is 13.1. The Bertz CT molecular complexity index is 396. The van der Waals surface area contributed by atoms with Crippen molar-refractivity contribution in [2.24, 2.45) is 12.8 Å². The summed E-state index contributed by atoms with van der Waals surface area (Å²) in [5.41, 5.74) is 8.09. The summed E-state index contributed by atoms with van der Waals surface area (Å²) < 4.78 is 7.41. The van der Waals surface area contributed by atoms with E-state index in [1.54, 1.807) is 0 Å². The van der Waals surface area contributed by atoms with Gasteiger partial charge >= 0.3 is 0 Å². The summed E-state index contributed by atoms with van der Waals surface area (Å²) in [6, 6.07) is 0.546. The highest BCUT2D eigenvalue weighted by molar-refractivity contribution is 5.50. The molecular weight excluding hydrogens is 228 g/mol. The maximum atomic E-state index is 5.71. The van der Waals surface area contributed by atoms with Gasteiger partial charge in [-0.15, -0.1) is 0 Å². The van der Waals surface area contributed by atoms with Crippen LogP contribution in [-0.4, -0.2) is 42.6 Å². The fraction of sp³-hybridized carbons (Fsp3) is 0.769. The quantitative estimate of drug-likeness (QED) is 0.863. The number of nitrogens with zero attached hydrogens (tertiary/aromatic N) is 3. The molecule has 2 N–H and O–H groups in total. The van der Waals surface area contributed by atoms with Crippen LogP contribution in [0.2, 0.25) is 0 Å². The van der Waals surface area contributed by atoms with E-state index in [1.807, 2.05) is 11.7 Å². The van der Waals surface area contributed by atoms with Crippen LogP contribution in [0.5, 0.6) is 0 Å². The molecule has 5 heteroatoms. The highest BCUT2D eigenvalue weighted by Crippen LogP contribution is 2.27. The Morgan fingerprint density at radius 1 is 1.44 bits per heavy atom. The van der Waals surface area contributed by atoms with Crippen molar-refractivity contribution < 1.29 is 4.74 Å². The largest absolute Gasteiger partial charge is 0.381 e. The first-order valence-electron chi connectivity index (χ1n) is 6.68. The van der Waals surface area contributed by atoms with E-state index in [-0.39, 0.29) is 0 Å². The summed E-state index contributed by atoms with van der Waals surface area (Å²) in [6.07, 6.45) is 3.06. The molecular formula is C13H24N4O. The normalized spacial score (nSPS) is 17.1. The Balaban J connectivity index is 2.24. The summed E-state index contributed by atoms with van der Waals surface area (Å²) in [5, 5.41) is 4.53. The SMILES string of the molecule is Cc1nn(C)c(N(C)C2CCOCC2)c1CCN. The third-order valence-electron chi connectivity index (χ3n) is 3.78. The third-order valence-corrected chi connectivity index (χ3v) is 3.78. The Hall–Kier alpha value is -1.07. The van der Waals surface area contributed by atoms with Crippen molar-refractivity contribution in [3.8, 4) is 0 Å². The van der Waals surface area contributed by atoms with E-state index in [4.69, 9.17) is 10.5 Å². The number of aromatic nitrogens is 2. The lowest BCUT2D eigenvalue weighted by Gasteiger charge is -2.33. The van der Waals surface area contributed by atoms with E-state index in [2.05, 4.69) is 24.0 Å². The van der Waals surface area contributed by atoms with Gasteiger partial charge in [-0.2, -0.15) is 5.10 Å². The molecule has 0 aliphatic carbocycles. The van der Waals surface area contributed by atoms with Crippen molar-refractivity contribution >= 4 is 5.82 Å². The molecule has 0 saturated carbocycles. The molecule has 18 heavy (non-hydrogen) atoms. The van der Waals surface area contributed by atoms with Crippen molar-refractivity contribution in [2.75, 3.05) is 31.7 Å². The second-order valence-corrected chi connectivity index (χ2v) is 5.00. The van der Waals surface area contributed by atoms with Crippen molar-refractivity contribution in [1.82, 2.24) is 9.78 Å². The van der Waals surface area contributed by atoms with Gasteiger partial charge in [0.2, 0.25) is 0 Å². The van der Waals surface area contributed by atoms with Crippen molar-refractivity contribution in [2.45, 2.75) is 32.2 Å². The Labute approximate surface area is 109 Å². The maximum Gasteiger partial charge on any atom is 0.130 e. The van der Waals surface area contributed by atoms with E-state index < -0.39 is 0 Å². The van der Waals surface area contributed by atoms with Gasteiger partial charge in [-0.3, -0.25) is 4.68 Å². The first-order chi connectivity index (χ1) is 8.65. The molecule has 1 aromatic heterocycles. The lowest BCUT2D eigenvalue weighted by molar-refractivity contribution is 0.0852. The second kappa shape index (κ2) is 5.71. The van der Waals surface area contributed by atoms with Gasteiger partial charge in [0, 0.05) is 38.9 Å². The summed E-state index contributed by atoms with van der Waals surface area (Å²) in [6.45, 7) is 4.45. The highest BCUT2D eigenvalue weighted by Gasteiger charge is 2.24. The van der Waals surface area contributed by atoms with Gasteiger partial charge in [0.1, 0.15) is 5.82 Å². The van der Waals surface area contributed by atoms with Gasteiger partial charge in [0.15, 0.2) is 0 Å². The minimum Gasteiger partial charge on any atom is -0.381 e. The second-order valence-electron chi connectivity index (χ2n) is 5.00. The molecule has 1 aliphatic rings. The van der Waals surface area contributed by atoms with Crippen LogP contribution in [0.3, 0.4) is 0 Å². The van der Waals surface area contributed by atoms with Crippen molar-refractivity contribution in [3.63, 3.8) is 0 Å². The molecule has 1 fully saturated rings. The number of rotatable bonds is 4. The van der Waals surface area contributed by atoms with Gasteiger partial charge in [-0.05, 0) is 32.7 Å². The monoisotopic (exact) mass is 252 g/mol. The lowest BCUT2D eigenvalue weighted by atomic mass is 10.1. The van der Waals surface area contributed by atoms with Crippen LogP contribution in [0.4, 0.5) is 5.82 Å². The van der Waals surface area contributed by atoms with E-state index in [1.165, 1.54) is 11.4 Å². The van der Waals surface area contributed by atoms with Crippen LogP contribution < -0.4 is 10.6 Å². The summed E-state index contributed by atoms with van der Waals surface area (Å²) in [5.74, 6) is 1.21. The predicted molar refractivity (Wildman–Crippen MR) is 72.9 cm³/mol. The smallest absolute Gasteiger partial charge is 0.130 e. The van der Waals surface area contributed by atoms with Crippen LogP contribution in [0.15, 0.2) is 0 Å². The third kappa shape index (κ3) is 2.52. The van der Waals surface area contributed by atoms with Gasteiger partial charge in [0.25, 0.3) is 0 Å². The fourth-order valence-corrected chi connectivity index (χ4v) is 2.81. The number of aryl methyl sites for hydroxylation is 2. The van der Waals surface area contributed by atoms with E-state index >= 15 is 0 Å². The number of anilines is 1. The van der Waals surface area contributed by atoms with Crippen molar-refractivity contribution in [3.05, 3.63) is 11.3 Å². The fourth-order valence-electron chi connectivity index (χ4n) is 2.81. The van der Waals surface area contributed by atoms with Crippen LogP contribution >= 0.6 is 0 Å². The molecule has 5 nitrogen and oxygen atoms in total. The summed E-state index contributed by atoms with van der Waals surface area (Å²) >= 11 is 0. The summed E-state index contributed by atoms with van der Waals surface area (Å²) in [4.78, 5) is 2.35. The highest BCUT2D eigenvalue weighted by atomic mass is 16.5. The minimum atomic E-state index is 0.546. The topological polar surface area (TPSA) is 56.3 Å². The zero-order valence-corrected chi connectivity index (χ0v) is 11.6. The van der Waals surface area contributed by atoms with E-state index in [0.717, 1.165) is 38.2 Å². The molecule has 0 radical (unpaired) electrons. The Kier molecular flexibility index (Phi) is 4.24. The molecule has 0 spiro atoms. The molecule has 2 heterocycles. The number of nitrogens with two attached hydrogens (primary N) is 1. The molecule has 1 saturated heterocycles. The molecule has 0 atom stereocenters. The molecule has 2 rings (SSSR count). The van der Waals surface area contributed by atoms with Gasteiger partial charge in [-0.25, -0.2) is 0 Å². The van der Waals surface area contributed by atoms with Crippen molar-refractivity contribution in [1.29, 1.82) is 0 Å². The van der Waals surface area contributed by atoms with Crippen LogP contribution in [0.25, 0.3) is 0 Å². The first kappa shape index (κ1) is 13.4. The van der Waals surface area contributed by atoms with Gasteiger partial charge < -0.3 is 15.4 Å². The van der Waals surface area contributed by atoms with Gasteiger partial charge in [-0.1, -0.05) is 0 Å². The number of hydrogen-bond donors (Lipinski definition) is 1. The summed E-state index contributed by atoms with van der Waals surface area (Å²) in [7, 11) is 4.17. The molecule has 1 aromatic rings. The lowest BCUT2D eigenvalue weighted by Crippen LogP contribution is -2.38. The first-order valence-corrected chi connectivity index (χ1v) is 6.68.